The minimum atomic E-state index is -0.347. The van der Waals surface area contributed by atoms with E-state index < -0.39 is 0 Å². The van der Waals surface area contributed by atoms with Crippen LogP contribution in [0.4, 0.5) is 0 Å². The van der Waals surface area contributed by atoms with Crippen molar-refractivity contribution in [3.8, 4) is 5.75 Å². The van der Waals surface area contributed by atoms with Crippen LogP contribution >= 0.6 is 0 Å². The van der Waals surface area contributed by atoms with Crippen molar-refractivity contribution < 1.29 is 19.1 Å². The van der Waals surface area contributed by atoms with E-state index in [9.17, 15) is 9.59 Å². The second-order valence-electron chi connectivity index (χ2n) is 3.36. The lowest BCUT2D eigenvalue weighted by Gasteiger charge is -2.04. The van der Waals surface area contributed by atoms with E-state index in [4.69, 9.17) is 14.3 Å². The predicted molar refractivity (Wildman–Crippen MR) is 59.7 cm³/mol. The monoisotopic (exact) mass is 241 g/mol. The third-order valence-electron chi connectivity index (χ3n) is 2.09. The number of aliphatic hydroxyl groups excluding tert-OH is 1. The molecule has 1 aromatic heterocycles. The molecule has 0 unspecified atom stereocenters. The van der Waals surface area contributed by atoms with Crippen LogP contribution in [0, 0.1) is 0 Å². The number of ether oxygens (including phenoxy) is 1. The van der Waals surface area contributed by atoms with Gasteiger partial charge in [0.25, 0.3) is 0 Å². The molecular weight excluding hydrogens is 226 g/mol. The van der Waals surface area contributed by atoms with E-state index >= 15 is 0 Å². The molecule has 0 aliphatic carbocycles. The Bertz CT molecular complexity index is 426. The Labute approximate surface area is 98.2 Å². The molecule has 0 atom stereocenters. The van der Waals surface area contributed by atoms with Gasteiger partial charge in [-0.25, -0.2) is 0 Å². The van der Waals surface area contributed by atoms with Crippen molar-refractivity contribution in [2.24, 2.45) is 0 Å². The molecule has 0 spiro atoms. The minimum absolute atomic E-state index is 0.0729. The second-order valence-corrected chi connectivity index (χ2v) is 3.36. The Balaban J connectivity index is 2.42. The third-order valence-corrected chi connectivity index (χ3v) is 2.09. The number of nitrogens with one attached hydrogen (secondary N) is 1. The summed E-state index contributed by atoms with van der Waals surface area (Å²) in [5, 5.41) is 11.2. The number of hydrogen-bond donors (Lipinski definition) is 2. The van der Waals surface area contributed by atoms with Crippen LogP contribution in [0.3, 0.4) is 0 Å². The Morgan fingerprint density at radius 3 is 2.94 bits per heavy atom. The molecule has 6 nitrogen and oxygen atoms in total. The quantitative estimate of drug-likeness (QED) is 0.686. The van der Waals surface area contributed by atoms with Crippen molar-refractivity contribution in [2.75, 3.05) is 13.7 Å². The van der Waals surface area contributed by atoms with Crippen molar-refractivity contribution >= 4 is 5.91 Å². The van der Waals surface area contributed by atoms with Gasteiger partial charge >= 0.3 is 0 Å². The van der Waals surface area contributed by atoms with Crippen LogP contribution in [0.25, 0.3) is 0 Å². The summed E-state index contributed by atoms with van der Waals surface area (Å²) < 4.78 is 10.1. The zero-order chi connectivity index (χ0) is 12.7. The first-order valence-electron chi connectivity index (χ1n) is 5.23. The van der Waals surface area contributed by atoms with Gasteiger partial charge < -0.3 is 19.6 Å². The fourth-order valence-electron chi connectivity index (χ4n) is 1.17. The number of hydrogen-bond acceptors (Lipinski definition) is 5. The smallest absolute Gasteiger partial charge is 0.227 e. The molecule has 6 heteroatoms. The largest absolute Gasteiger partial charge is 0.487 e. The highest BCUT2D eigenvalue weighted by molar-refractivity contribution is 5.75. The Hall–Kier alpha value is -1.82. The predicted octanol–water partition coefficient (Wildman–Crippen LogP) is 0.0371. The maximum Gasteiger partial charge on any atom is 0.227 e. The zero-order valence-corrected chi connectivity index (χ0v) is 9.56. The Morgan fingerprint density at radius 2 is 2.35 bits per heavy atom. The summed E-state index contributed by atoms with van der Waals surface area (Å²) in [5.74, 6) is 0.197. The van der Waals surface area contributed by atoms with Crippen LogP contribution in [-0.2, 0) is 11.4 Å². The van der Waals surface area contributed by atoms with E-state index in [-0.39, 0.29) is 36.1 Å². The van der Waals surface area contributed by atoms with Crippen LogP contribution in [0.15, 0.2) is 21.5 Å². The molecule has 1 aromatic rings. The lowest BCUT2D eigenvalue weighted by Crippen LogP contribution is -2.18. The Morgan fingerprint density at radius 1 is 1.59 bits per heavy atom. The van der Waals surface area contributed by atoms with Crippen LogP contribution < -0.4 is 15.5 Å². The molecule has 0 aliphatic heterocycles. The van der Waals surface area contributed by atoms with Gasteiger partial charge in [0.15, 0.2) is 0 Å². The first-order chi connectivity index (χ1) is 8.17. The van der Waals surface area contributed by atoms with Gasteiger partial charge in [0, 0.05) is 19.5 Å². The molecule has 1 heterocycles. The summed E-state index contributed by atoms with van der Waals surface area (Å²) in [6.45, 7) is -0.0666. The first kappa shape index (κ1) is 13.2. The topological polar surface area (TPSA) is 88.8 Å². The van der Waals surface area contributed by atoms with Crippen molar-refractivity contribution in [1.82, 2.24) is 5.32 Å². The molecule has 0 saturated heterocycles. The van der Waals surface area contributed by atoms with E-state index in [0.717, 1.165) is 6.26 Å². The average molecular weight is 241 g/mol. The van der Waals surface area contributed by atoms with E-state index in [1.165, 1.54) is 6.07 Å². The number of carbonyl (C=O) groups is 1. The van der Waals surface area contributed by atoms with Crippen molar-refractivity contribution in [2.45, 2.75) is 19.4 Å². The van der Waals surface area contributed by atoms with E-state index in [0.29, 0.717) is 12.8 Å². The molecule has 1 amide bonds. The number of carbonyl (C=O) groups excluding carboxylic acids is 1. The van der Waals surface area contributed by atoms with Gasteiger partial charge in [-0.05, 0) is 6.42 Å². The molecule has 94 valence electrons. The highest BCUT2D eigenvalue weighted by Gasteiger charge is 2.04. The molecule has 0 fully saturated rings. The van der Waals surface area contributed by atoms with Gasteiger partial charge in [0.2, 0.25) is 17.1 Å². The molecule has 2 N–H and O–H groups in total. The van der Waals surface area contributed by atoms with Crippen LogP contribution in [0.2, 0.25) is 0 Å². The number of amides is 1. The molecule has 0 bridgehead atoms. The van der Waals surface area contributed by atoms with E-state index in [1.807, 2.05) is 0 Å². The molecule has 1 rings (SSSR count). The fourth-order valence-corrected chi connectivity index (χ4v) is 1.17. The number of rotatable bonds is 6. The molecule has 0 aliphatic rings. The SMILES string of the molecule is CNC(=O)CCCOc1coc(CO)cc1=O. The Kier molecular flexibility index (Phi) is 5.22. The highest BCUT2D eigenvalue weighted by atomic mass is 16.5. The van der Waals surface area contributed by atoms with E-state index in [1.54, 1.807) is 7.05 Å². The van der Waals surface area contributed by atoms with Crippen molar-refractivity contribution in [1.29, 1.82) is 0 Å². The second kappa shape index (κ2) is 6.70. The van der Waals surface area contributed by atoms with Gasteiger partial charge in [-0.1, -0.05) is 0 Å². The summed E-state index contributed by atoms with van der Waals surface area (Å²) in [5.41, 5.74) is -0.347. The normalized spacial score (nSPS) is 10.0. The van der Waals surface area contributed by atoms with Crippen molar-refractivity contribution in [3.05, 3.63) is 28.3 Å². The lowest BCUT2D eigenvalue weighted by atomic mass is 10.3. The van der Waals surface area contributed by atoms with Gasteiger partial charge in [0.05, 0.1) is 6.61 Å². The molecule has 0 aromatic carbocycles. The van der Waals surface area contributed by atoms with Gasteiger partial charge in [-0.3, -0.25) is 9.59 Å². The lowest BCUT2D eigenvalue weighted by molar-refractivity contribution is -0.120. The van der Waals surface area contributed by atoms with Gasteiger partial charge in [0.1, 0.15) is 18.6 Å². The molecule has 17 heavy (non-hydrogen) atoms. The summed E-state index contributed by atoms with van der Waals surface area (Å²) in [6.07, 6.45) is 2.02. The third kappa shape index (κ3) is 4.28. The molecule has 0 radical (unpaired) electrons. The maximum atomic E-state index is 11.4. The van der Waals surface area contributed by atoms with Gasteiger partial charge in [-0.15, -0.1) is 0 Å². The summed E-state index contributed by atoms with van der Waals surface area (Å²) in [4.78, 5) is 22.3. The zero-order valence-electron chi connectivity index (χ0n) is 9.56. The first-order valence-corrected chi connectivity index (χ1v) is 5.23. The highest BCUT2D eigenvalue weighted by Crippen LogP contribution is 2.06. The summed E-state index contributed by atoms with van der Waals surface area (Å²) in [7, 11) is 1.56. The number of aliphatic hydroxyl groups is 1. The maximum absolute atomic E-state index is 11.4. The van der Waals surface area contributed by atoms with Crippen molar-refractivity contribution in [3.63, 3.8) is 0 Å². The summed E-state index contributed by atoms with van der Waals surface area (Å²) >= 11 is 0. The van der Waals surface area contributed by atoms with Gasteiger partial charge in [-0.2, -0.15) is 0 Å². The average Bonchev–Trinajstić information content (AvgIpc) is 2.35. The van der Waals surface area contributed by atoms with Crippen LogP contribution in [-0.4, -0.2) is 24.7 Å². The van der Waals surface area contributed by atoms with E-state index in [2.05, 4.69) is 5.32 Å². The summed E-state index contributed by atoms with van der Waals surface area (Å²) in [6, 6.07) is 1.17. The minimum Gasteiger partial charge on any atom is -0.487 e. The van der Waals surface area contributed by atoms with Crippen LogP contribution in [0.5, 0.6) is 5.75 Å². The fraction of sp³-hybridized carbons (Fsp3) is 0.455. The molecule has 0 saturated carbocycles. The molecular formula is C11H15NO5. The van der Waals surface area contributed by atoms with Crippen LogP contribution in [0.1, 0.15) is 18.6 Å². The standard InChI is InChI=1S/C11H15NO5/c1-12-11(15)3-2-4-16-10-7-17-8(6-13)5-9(10)14/h5,7,13H,2-4,6H2,1H3,(H,12,15).